The molecule has 10 heteroatoms. The molecule has 0 radical (unpaired) electrons. The van der Waals surface area contributed by atoms with Gasteiger partial charge in [-0.15, -0.1) is 0 Å². The van der Waals surface area contributed by atoms with Gasteiger partial charge in [-0.05, 0) is 53.4 Å². The quantitative estimate of drug-likeness (QED) is 0.180. The first-order valence-corrected chi connectivity index (χ1v) is 21.7. The summed E-state index contributed by atoms with van der Waals surface area (Å²) in [5, 5.41) is 11.2. The molecule has 3 amide bonds. The van der Waals surface area contributed by atoms with Crippen LogP contribution in [-0.4, -0.2) is 68.7 Å². The van der Waals surface area contributed by atoms with E-state index >= 15 is 4.79 Å². The van der Waals surface area contributed by atoms with E-state index in [1.165, 1.54) is 5.19 Å². The number of carbonyl (C=O) groups excluding carboxylic acids is 3. The maximum absolute atomic E-state index is 15.1. The highest BCUT2D eigenvalue weighted by atomic mass is 28.3. The lowest BCUT2D eigenvalue weighted by molar-refractivity contribution is -0.150. The lowest BCUT2D eigenvalue weighted by Crippen LogP contribution is -2.52. The molecule has 2 saturated heterocycles. The molecule has 276 valence electrons. The van der Waals surface area contributed by atoms with Gasteiger partial charge in [-0.2, -0.15) is 0 Å². The van der Waals surface area contributed by atoms with E-state index < -0.39 is 19.8 Å². The van der Waals surface area contributed by atoms with Crippen molar-refractivity contribution < 1.29 is 29.0 Å². The second kappa shape index (κ2) is 14.9. The minimum absolute atomic E-state index is 0.0856. The Hall–Kier alpha value is -4.77. The van der Waals surface area contributed by atoms with Crippen molar-refractivity contribution in [2.45, 2.75) is 69.6 Å². The summed E-state index contributed by atoms with van der Waals surface area (Å²) < 4.78 is 12.7. The van der Waals surface area contributed by atoms with E-state index in [4.69, 9.17) is 9.47 Å². The number of methoxy groups -OCH3 is 1. The molecule has 3 aliphatic heterocycles. The third-order valence-electron chi connectivity index (χ3n) is 11.7. The number of amides is 3. The zero-order valence-corrected chi connectivity index (χ0v) is 32.0. The van der Waals surface area contributed by atoms with Crippen LogP contribution in [0.4, 0.5) is 11.4 Å². The number of anilines is 2. The summed E-state index contributed by atoms with van der Waals surface area (Å²) in [6.07, 6.45) is 0.965. The zero-order valence-electron chi connectivity index (χ0n) is 31.0. The van der Waals surface area contributed by atoms with Crippen LogP contribution in [0.25, 0.3) is 0 Å². The molecule has 0 aromatic heterocycles. The Bertz CT molecular complexity index is 1950. The maximum atomic E-state index is 15.1. The van der Waals surface area contributed by atoms with Crippen LogP contribution < -0.4 is 19.7 Å². The van der Waals surface area contributed by atoms with Crippen molar-refractivity contribution in [2.24, 2.45) is 5.92 Å². The minimum Gasteiger partial charge on any atom is -0.497 e. The van der Waals surface area contributed by atoms with Crippen molar-refractivity contribution in [1.82, 2.24) is 4.90 Å². The van der Waals surface area contributed by atoms with Crippen LogP contribution in [0.1, 0.15) is 42.9 Å². The fourth-order valence-electron chi connectivity index (χ4n) is 9.03. The number of fused-ring (bicyclic) bond motifs is 2. The van der Waals surface area contributed by atoms with Gasteiger partial charge in [0.15, 0.2) is 5.60 Å². The Morgan fingerprint density at radius 2 is 1.64 bits per heavy atom. The summed E-state index contributed by atoms with van der Waals surface area (Å²) in [7, 11) is -0.818. The lowest BCUT2D eigenvalue weighted by atomic mass is 9.82. The largest absolute Gasteiger partial charge is 0.497 e. The summed E-state index contributed by atoms with van der Waals surface area (Å²) in [5.74, 6) is 0.411. The summed E-state index contributed by atoms with van der Waals surface area (Å²) in [6, 6.07) is 33.8. The second-order valence-corrected chi connectivity index (χ2v) is 19.8. The van der Waals surface area contributed by atoms with Crippen molar-refractivity contribution in [2.75, 3.05) is 36.6 Å². The molecule has 1 spiro atoms. The van der Waals surface area contributed by atoms with Crippen LogP contribution >= 0.6 is 0 Å². The molecule has 3 aliphatic rings. The van der Waals surface area contributed by atoms with E-state index in [1.807, 2.05) is 101 Å². The first-order valence-electron chi connectivity index (χ1n) is 18.6. The molecule has 0 bridgehead atoms. The molecule has 4 atom stereocenters. The van der Waals surface area contributed by atoms with Gasteiger partial charge >= 0.3 is 0 Å². The van der Waals surface area contributed by atoms with E-state index in [2.05, 4.69) is 32.2 Å². The minimum atomic E-state index is -2.47. The van der Waals surface area contributed by atoms with E-state index in [0.717, 1.165) is 46.8 Å². The van der Waals surface area contributed by atoms with Gasteiger partial charge in [0.2, 0.25) is 11.8 Å². The molecule has 4 aromatic carbocycles. The van der Waals surface area contributed by atoms with E-state index in [-0.39, 0.29) is 48.8 Å². The predicted molar refractivity (Wildman–Crippen MR) is 209 cm³/mol. The Kier molecular flexibility index (Phi) is 10.3. The number of carbonyl (C=O) groups is 3. The Labute approximate surface area is 313 Å². The molecule has 53 heavy (non-hydrogen) atoms. The summed E-state index contributed by atoms with van der Waals surface area (Å²) in [5.41, 5.74) is 3.04. The van der Waals surface area contributed by atoms with Crippen molar-refractivity contribution in [3.8, 4) is 5.75 Å². The van der Waals surface area contributed by atoms with Crippen LogP contribution in [-0.2, 0) is 37.8 Å². The number of aliphatic hydroxyl groups excluding tert-OH is 1. The van der Waals surface area contributed by atoms with Gasteiger partial charge < -0.3 is 29.3 Å². The topological polar surface area (TPSA) is 99.6 Å². The number of ether oxygens (including phenoxy) is 2. The SMILES string of the molecule is COc1ccc([Si](C)(C)[C@@H]2[C@@H](CC(=O)N(CCO)Cc3ccccc3)O[C@]3(C(=O)N(Cc4ccc(N5CCCC5=O)cc4)c4ccccc43)[C@H]2C)cc1. The highest BCUT2D eigenvalue weighted by Crippen LogP contribution is 2.60. The number of aliphatic hydroxyl groups is 1. The third kappa shape index (κ3) is 6.68. The van der Waals surface area contributed by atoms with Crippen molar-refractivity contribution in [1.29, 1.82) is 0 Å². The average Bonchev–Trinajstić information content (AvgIpc) is 3.81. The Morgan fingerprint density at radius 1 is 0.943 bits per heavy atom. The van der Waals surface area contributed by atoms with Gasteiger partial charge in [0.1, 0.15) is 5.75 Å². The van der Waals surface area contributed by atoms with Crippen molar-refractivity contribution >= 4 is 42.4 Å². The first kappa shape index (κ1) is 36.6. The van der Waals surface area contributed by atoms with Gasteiger partial charge in [-0.1, -0.05) is 98.0 Å². The molecule has 2 fully saturated rings. The van der Waals surface area contributed by atoms with Gasteiger partial charge in [0.25, 0.3) is 5.91 Å². The second-order valence-electron chi connectivity index (χ2n) is 15.1. The molecule has 4 aromatic rings. The van der Waals surface area contributed by atoms with Crippen molar-refractivity contribution in [3.05, 3.63) is 120 Å². The van der Waals surface area contributed by atoms with E-state index in [9.17, 15) is 14.7 Å². The first-order chi connectivity index (χ1) is 25.6. The van der Waals surface area contributed by atoms with Crippen LogP contribution in [0, 0.1) is 5.92 Å². The van der Waals surface area contributed by atoms with Gasteiger partial charge in [0.05, 0.1) is 46.5 Å². The van der Waals surface area contributed by atoms with Gasteiger partial charge in [0, 0.05) is 43.2 Å². The molecule has 7 rings (SSSR count). The number of nitrogens with zero attached hydrogens (tertiary/aromatic N) is 3. The van der Waals surface area contributed by atoms with E-state index in [0.29, 0.717) is 19.5 Å². The summed E-state index contributed by atoms with van der Waals surface area (Å²) >= 11 is 0. The average molecular weight is 732 g/mol. The summed E-state index contributed by atoms with van der Waals surface area (Å²) in [6.45, 7) is 8.22. The number of rotatable bonds is 12. The molecule has 1 N–H and O–H groups in total. The Morgan fingerprint density at radius 3 is 2.30 bits per heavy atom. The molecule has 0 aliphatic carbocycles. The summed E-state index contributed by atoms with van der Waals surface area (Å²) in [4.78, 5) is 47.2. The van der Waals surface area contributed by atoms with Gasteiger partial charge in [-0.25, -0.2) is 0 Å². The highest BCUT2D eigenvalue weighted by molar-refractivity contribution is 6.91. The lowest BCUT2D eigenvalue weighted by Gasteiger charge is -2.37. The van der Waals surface area contributed by atoms with E-state index in [1.54, 1.807) is 12.0 Å². The molecular formula is C43H49N3O6Si. The maximum Gasteiger partial charge on any atom is 0.264 e. The molecule has 0 unspecified atom stereocenters. The Balaban J connectivity index is 1.24. The number of benzene rings is 4. The van der Waals surface area contributed by atoms with Crippen LogP contribution in [0.3, 0.4) is 0 Å². The fourth-order valence-corrected chi connectivity index (χ4v) is 13.0. The number of hydrogen-bond acceptors (Lipinski definition) is 6. The van der Waals surface area contributed by atoms with Gasteiger partial charge in [-0.3, -0.25) is 14.4 Å². The normalized spacial score (nSPS) is 22.5. The van der Waals surface area contributed by atoms with Crippen LogP contribution in [0.5, 0.6) is 5.75 Å². The molecular weight excluding hydrogens is 683 g/mol. The molecule has 9 nitrogen and oxygen atoms in total. The predicted octanol–water partition coefficient (Wildman–Crippen LogP) is 6.00. The number of hydrogen-bond donors (Lipinski definition) is 1. The standard InChI is InChI=1S/C43H49N3O6Si/c1-30-41(53(3,4)35-22-20-34(51-2)21-23-35)38(27-40(49)44(25-26-47)28-31-11-6-5-7-12-31)52-43(30)36-13-8-9-14-37(36)46(42(43)50)29-32-16-18-33(19-17-32)45-24-10-15-39(45)48/h5-9,11-14,16-23,30,38,41,47H,10,15,24-29H2,1-4H3/t30-,38+,41-,43+/m0/s1. The molecule has 0 saturated carbocycles. The highest BCUT2D eigenvalue weighted by Gasteiger charge is 2.66. The number of para-hydroxylation sites is 1. The van der Waals surface area contributed by atoms with Crippen LogP contribution in [0.15, 0.2) is 103 Å². The third-order valence-corrected chi connectivity index (χ3v) is 16.1. The zero-order chi connectivity index (χ0) is 37.3. The molecule has 3 heterocycles. The monoisotopic (exact) mass is 731 g/mol. The smallest absolute Gasteiger partial charge is 0.264 e. The fraction of sp³-hybridized carbons (Fsp3) is 0.372. The van der Waals surface area contributed by atoms with Crippen LogP contribution in [0.2, 0.25) is 18.6 Å². The van der Waals surface area contributed by atoms with Crippen molar-refractivity contribution in [3.63, 3.8) is 0 Å².